The van der Waals surface area contributed by atoms with Crippen LogP contribution in [0.15, 0.2) is 28.8 Å². The normalized spacial score (nSPS) is 15.3. The fourth-order valence-electron chi connectivity index (χ4n) is 3.40. The third kappa shape index (κ3) is 6.97. The molecule has 3 rings (SSSR count). The van der Waals surface area contributed by atoms with Gasteiger partial charge >= 0.3 is 12.4 Å². The Bertz CT molecular complexity index is 894. The molecule has 10 heteroatoms. The van der Waals surface area contributed by atoms with Crippen LogP contribution in [0.5, 0.6) is 0 Å². The molecule has 1 N–H and O–H groups in total. The summed E-state index contributed by atoms with van der Waals surface area (Å²) in [5.41, 5.74) is 1.05. The predicted octanol–water partition coefficient (Wildman–Crippen LogP) is 1.35. The molecule has 0 spiro atoms. The van der Waals surface area contributed by atoms with Gasteiger partial charge in [0.05, 0.1) is 19.6 Å². The minimum Gasteiger partial charge on any atom is -0.395 e. The first-order valence-corrected chi connectivity index (χ1v) is 10.2. The molecular formula is C21H26N4O6. The van der Waals surface area contributed by atoms with E-state index in [1.54, 1.807) is 31.2 Å². The molecule has 31 heavy (non-hydrogen) atoms. The van der Waals surface area contributed by atoms with Crippen molar-refractivity contribution in [3.05, 3.63) is 35.7 Å². The van der Waals surface area contributed by atoms with Crippen LogP contribution >= 0.6 is 0 Å². The van der Waals surface area contributed by atoms with Gasteiger partial charge in [0, 0.05) is 37.2 Å². The van der Waals surface area contributed by atoms with Gasteiger partial charge in [-0.2, -0.15) is 4.98 Å². The molecular weight excluding hydrogens is 404 g/mol. The molecule has 0 bridgehead atoms. The summed E-state index contributed by atoms with van der Waals surface area (Å²) >= 11 is 0. The quantitative estimate of drug-likeness (QED) is 0.338. The Kier molecular flexibility index (Phi) is 8.25. The lowest BCUT2D eigenvalue weighted by atomic mass is 10.1. The van der Waals surface area contributed by atoms with Gasteiger partial charge in [-0.25, -0.2) is 0 Å². The average molecular weight is 430 g/mol. The van der Waals surface area contributed by atoms with Gasteiger partial charge in [-0.05, 0) is 31.5 Å². The van der Waals surface area contributed by atoms with Crippen molar-refractivity contribution in [2.45, 2.75) is 32.2 Å². The second-order valence-electron chi connectivity index (χ2n) is 7.27. The van der Waals surface area contributed by atoms with E-state index in [1.807, 2.05) is 0 Å². The Morgan fingerprint density at radius 3 is 2.84 bits per heavy atom. The van der Waals surface area contributed by atoms with Crippen molar-refractivity contribution >= 4 is 18.3 Å². The van der Waals surface area contributed by atoms with Gasteiger partial charge in [0.2, 0.25) is 11.7 Å². The van der Waals surface area contributed by atoms with Crippen molar-refractivity contribution in [2.24, 2.45) is 0 Å². The van der Waals surface area contributed by atoms with Crippen molar-refractivity contribution in [3.8, 4) is 11.4 Å². The van der Waals surface area contributed by atoms with Crippen molar-refractivity contribution in [2.75, 3.05) is 32.8 Å². The van der Waals surface area contributed by atoms with Crippen LogP contribution in [-0.4, -0.2) is 72.3 Å². The molecule has 1 aliphatic rings. The Morgan fingerprint density at radius 1 is 1.32 bits per heavy atom. The zero-order valence-corrected chi connectivity index (χ0v) is 17.4. The molecule has 10 nitrogen and oxygen atoms in total. The smallest absolute Gasteiger partial charge is 0.315 e. The van der Waals surface area contributed by atoms with Crippen LogP contribution in [0, 0.1) is 6.92 Å². The summed E-state index contributed by atoms with van der Waals surface area (Å²) in [5.74, 6) is -0.192. The highest BCUT2D eigenvalue weighted by molar-refractivity contribution is 5.95. The van der Waals surface area contributed by atoms with Crippen LogP contribution in [0.2, 0.25) is 0 Å². The van der Waals surface area contributed by atoms with Gasteiger partial charge in [-0.3, -0.25) is 19.3 Å². The number of carbonyl (C=O) groups is 3. The molecule has 166 valence electrons. The number of ether oxygens (including phenoxy) is 2. The maximum atomic E-state index is 12.8. The average Bonchev–Trinajstić information content (AvgIpc) is 3.21. The Labute approximate surface area is 179 Å². The van der Waals surface area contributed by atoms with Crippen LogP contribution in [0.25, 0.3) is 11.4 Å². The lowest BCUT2D eigenvalue weighted by Crippen LogP contribution is -2.39. The molecule has 1 amide bonds. The van der Waals surface area contributed by atoms with E-state index >= 15 is 0 Å². The maximum Gasteiger partial charge on any atom is 0.315 e. The van der Waals surface area contributed by atoms with Gasteiger partial charge < -0.3 is 19.3 Å². The first kappa shape index (κ1) is 22.6. The van der Waals surface area contributed by atoms with Gasteiger partial charge in [0.1, 0.15) is 0 Å². The number of amides is 1. The van der Waals surface area contributed by atoms with Crippen LogP contribution in [0.1, 0.15) is 35.5 Å². The van der Waals surface area contributed by atoms with E-state index in [0.717, 1.165) is 26.1 Å². The van der Waals surface area contributed by atoms with Gasteiger partial charge in [0.25, 0.3) is 5.91 Å². The number of benzene rings is 1. The summed E-state index contributed by atoms with van der Waals surface area (Å²) in [4.78, 5) is 41.6. The number of rotatable bonds is 10. The van der Waals surface area contributed by atoms with Gasteiger partial charge in [-0.1, -0.05) is 17.3 Å². The molecule has 1 aromatic carbocycles. The number of aryl methyl sites for hydroxylation is 1. The van der Waals surface area contributed by atoms with Gasteiger partial charge in [0.15, 0.2) is 0 Å². The van der Waals surface area contributed by atoms with Crippen molar-refractivity contribution in [3.63, 3.8) is 0 Å². The van der Waals surface area contributed by atoms with Crippen LogP contribution < -0.4 is 5.32 Å². The molecule has 2 aromatic rings. The van der Waals surface area contributed by atoms with Crippen molar-refractivity contribution in [1.29, 1.82) is 0 Å². The summed E-state index contributed by atoms with van der Waals surface area (Å²) in [6.45, 7) is 5.78. The predicted molar refractivity (Wildman–Crippen MR) is 109 cm³/mol. The fourth-order valence-corrected chi connectivity index (χ4v) is 3.40. The highest BCUT2D eigenvalue weighted by atomic mass is 16.6. The second-order valence-corrected chi connectivity index (χ2v) is 7.27. The minimum absolute atomic E-state index is 0.0860. The van der Waals surface area contributed by atoms with E-state index in [0.29, 0.717) is 42.5 Å². The lowest BCUT2D eigenvalue weighted by molar-refractivity contribution is -0.151. The number of nitrogens with zero attached hydrogens (tertiary/aromatic N) is 3. The number of hydrogen-bond donors (Lipinski definition) is 1. The molecule has 1 aliphatic heterocycles. The number of morpholine rings is 1. The van der Waals surface area contributed by atoms with Crippen LogP contribution in [0.3, 0.4) is 0 Å². The zero-order valence-electron chi connectivity index (χ0n) is 17.4. The molecule has 2 heterocycles. The maximum absolute atomic E-state index is 12.8. The van der Waals surface area contributed by atoms with E-state index in [9.17, 15) is 14.4 Å². The zero-order chi connectivity index (χ0) is 22.1. The highest BCUT2D eigenvalue weighted by Crippen LogP contribution is 2.18. The van der Waals surface area contributed by atoms with Crippen LogP contribution in [-0.2, 0) is 19.1 Å². The molecule has 1 saturated heterocycles. The van der Waals surface area contributed by atoms with E-state index in [-0.39, 0.29) is 18.8 Å². The minimum atomic E-state index is -0.678. The molecule has 1 aromatic heterocycles. The van der Waals surface area contributed by atoms with E-state index < -0.39 is 12.0 Å². The molecule has 0 saturated carbocycles. The third-order valence-corrected chi connectivity index (χ3v) is 4.97. The number of aromatic nitrogens is 2. The SMILES string of the molecule is Cc1nc(-c2cccc(C(=O)N[C@@H](CCCN3CCOCC3)CC(=O)OC=O)c2)no1. The molecule has 1 atom stereocenters. The van der Waals surface area contributed by atoms with E-state index in [2.05, 4.69) is 25.1 Å². The summed E-state index contributed by atoms with van der Waals surface area (Å²) in [5, 5.41) is 6.75. The largest absolute Gasteiger partial charge is 0.395 e. The fraction of sp³-hybridized carbons (Fsp3) is 0.476. The summed E-state index contributed by atoms with van der Waals surface area (Å²) in [7, 11) is 0. The Balaban J connectivity index is 1.62. The topological polar surface area (TPSA) is 124 Å². The molecule has 0 unspecified atom stereocenters. The van der Waals surface area contributed by atoms with Crippen LogP contribution in [0.4, 0.5) is 0 Å². The Morgan fingerprint density at radius 2 is 2.13 bits per heavy atom. The number of nitrogens with one attached hydrogen (secondary N) is 1. The number of hydrogen-bond acceptors (Lipinski definition) is 9. The monoisotopic (exact) mass is 430 g/mol. The number of carbonyl (C=O) groups excluding carboxylic acids is 3. The first-order valence-electron chi connectivity index (χ1n) is 10.2. The Hall–Kier alpha value is -3.11. The van der Waals surface area contributed by atoms with Crippen molar-refractivity contribution < 1.29 is 28.4 Å². The number of esters is 1. The summed E-state index contributed by atoms with van der Waals surface area (Å²) < 4.78 is 14.7. The molecule has 1 fully saturated rings. The van der Waals surface area contributed by atoms with E-state index in [1.165, 1.54) is 0 Å². The summed E-state index contributed by atoms with van der Waals surface area (Å²) in [6, 6.07) is 6.37. The molecule has 0 radical (unpaired) electrons. The standard InChI is InChI=1S/C21H26N4O6/c1-15-22-20(24-31-15)16-4-2-5-17(12-16)21(28)23-18(13-19(27)30-14-26)6-3-7-25-8-10-29-11-9-25/h2,4-5,12,14,18H,3,6-11,13H2,1H3,(H,23,28)/t18-/m0/s1. The second kappa shape index (κ2) is 11.3. The first-order chi connectivity index (χ1) is 15.0. The van der Waals surface area contributed by atoms with Crippen molar-refractivity contribution in [1.82, 2.24) is 20.4 Å². The summed E-state index contributed by atoms with van der Waals surface area (Å²) in [6.07, 6.45) is 1.26. The highest BCUT2D eigenvalue weighted by Gasteiger charge is 2.20. The van der Waals surface area contributed by atoms with Gasteiger partial charge in [-0.15, -0.1) is 0 Å². The van der Waals surface area contributed by atoms with E-state index in [4.69, 9.17) is 9.26 Å². The third-order valence-electron chi connectivity index (χ3n) is 4.97. The lowest BCUT2D eigenvalue weighted by Gasteiger charge is -2.27. The molecule has 0 aliphatic carbocycles.